The maximum atomic E-state index is 2.39. The van der Waals surface area contributed by atoms with Crippen LogP contribution in [0.15, 0.2) is 152 Å². The van der Waals surface area contributed by atoms with Gasteiger partial charge >= 0.3 is 0 Å². The lowest BCUT2D eigenvalue weighted by Crippen LogP contribution is -2.44. The molecule has 43 heavy (non-hydrogen) atoms. The van der Waals surface area contributed by atoms with E-state index in [9.17, 15) is 0 Å². The number of fused-ring (bicyclic) bond motifs is 3. The first-order valence-electron chi connectivity index (χ1n) is 15.0. The van der Waals surface area contributed by atoms with Crippen molar-refractivity contribution in [1.29, 1.82) is 0 Å². The maximum Gasteiger partial charge on any atom is 0.242 e. The van der Waals surface area contributed by atoms with E-state index in [1.807, 2.05) is 0 Å². The van der Waals surface area contributed by atoms with E-state index in [0.717, 1.165) is 0 Å². The van der Waals surface area contributed by atoms with Crippen LogP contribution in [-0.4, -0.2) is 20.8 Å². The van der Waals surface area contributed by atoms with E-state index in [1.54, 1.807) is 0 Å². The van der Waals surface area contributed by atoms with E-state index >= 15 is 0 Å². The minimum atomic E-state index is 0.0191. The highest BCUT2D eigenvalue weighted by atomic mass is 15.1. The van der Waals surface area contributed by atoms with Crippen LogP contribution < -0.4 is 15.8 Å². The first kappa shape index (κ1) is 26.8. The van der Waals surface area contributed by atoms with Gasteiger partial charge in [0, 0.05) is 25.3 Å². The molecule has 0 heterocycles. The predicted molar refractivity (Wildman–Crippen MR) is 190 cm³/mol. The Morgan fingerprint density at radius 3 is 1.44 bits per heavy atom. The number of anilines is 1. The van der Waals surface area contributed by atoms with Crippen LogP contribution in [0.2, 0.25) is 0 Å². The molecule has 206 valence electrons. The lowest BCUT2D eigenvalue weighted by Gasteiger charge is -2.26. The second-order valence-electron chi connectivity index (χ2n) is 11.7. The highest BCUT2D eigenvalue weighted by molar-refractivity contribution is 7.01. The predicted octanol–water partition coefficient (Wildman–Crippen LogP) is 8.99. The molecule has 7 aromatic rings. The highest BCUT2D eigenvalue weighted by Crippen LogP contribution is 2.35. The molecule has 0 saturated carbocycles. The van der Waals surface area contributed by atoms with Gasteiger partial charge in [0.25, 0.3) is 0 Å². The molecule has 2 heteroatoms. The smallest absolute Gasteiger partial charge is 0.242 e. The summed E-state index contributed by atoms with van der Waals surface area (Å²) < 4.78 is 0. The molecule has 1 nitrogen and oxygen atoms in total. The largest absolute Gasteiger partial charge is 0.377 e. The average molecular weight is 552 g/mol. The summed E-state index contributed by atoms with van der Waals surface area (Å²) in [7, 11) is 4.26. The normalized spacial score (nSPS) is 12.0. The lowest BCUT2D eigenvalue weighted by molar-refractivity contribution is 1.12. The summed E-state index contributed by atoms with van der Waals surface area (Å²) in [5.41, 5.74) is 8.90. The Labute approximate surface area is 254 Å². The molecule has 0 aliphatic heterocycles. The molecule has 0 aliphatic rings. The van der Waals surface area contributed by atoms with Crippen molar-refractivity contribution in [1.82, 2.24) is 0 Å². The number of hydrogen-bond acceptors (Lipinski definition) is 1. The van der Waals surface area contributed by atoms with Gasteiger partial charge in [0.1, 0.15) is 0 Å². The molecule has 7 rings (SSSR count). The zero-order chi connectivity index (χ0) is 29.3. The number of nitrogens with zero attached hydrogens (tertiary/aromatic N) is 1. The number of hydrogen-bond donors (Lipinski definition) is 0. The summed E-state index contributed by atoms with van der Waals surface area (Å²) in [5, 5.41) is 7.54. The van der Waals surface area contributed by atoms with Gasteiger partial charge in [0.05, 0.1) is 0 Å². The second-order valence-corrected chi connectivity index (χ2v) is 11.7. The van der Waals surface area contributed by atoms with Crippen molar-refractivity contribution in [3.05, 3.63) is 163 Å². The first-order valence-corrected chi connectivity index (χ1v) is 15.0. The van der Waals surface area contributed by atoms with E-state index in [1.165, 1.54) is 71.1 Å². The molecule has 7 aromatic carbocycles. The molecule has 0 unspecified atom stereocenters. The molecule has 0 spiro atoms. The summed E-state index contributed by atoms with van der Waals surface area (Å²) in [4.78, 5) is 2.22. The highest BCUT2D eigenvalue weighted by Gasteiger charge is 2.29. The molecule has 0 bridgehead atoms. The van der Waals surface area contributed by atoms with Crippen molar-refractivity contribution in [3.8, 4) is 0 Å². The minimum Gasteiger partial charge on any atom is -0.377 e. The Kier molecular flexibility index (Phi) is 7.05. The quantitative estimate of drug-likeness (QED) is 0.147. The monoisotopic (exact) mass is 551 g/mol. The first-order chi connectivity index (χ1) is 21.1. The van der Waals surface area contributed by atoms with Gasteiger partial charge in [0.2, 0.25) is 6.71 Å². The number of rotatable bonds is 6. The fourth-order valence-corrected chi connectivity index (χ4v) is 6.58. The van der Waals surface area contributed by atoms with E-state index in [2.05, 4.69) is 178 Å². The molecular formula is C41H34BN. The van der Waals surface area contributed by atoms with Crippen molar-refractivity contribution >= 4 is 66.7 Å². The van der Waals surface area contributed by atoms with Crippen LogP contribution in [0.25, 0.3) is 43.4 Å². The molecule has 0 aliphatic carbocycles. The third-order valence-electron chi connectivity index (χ3n) is 8.76. The molecule has 0 aromatic heterocycles. The Morgan fingerprint density at radius 1 is 0.465 bits per heavy atom. The van der Waals surface area contributed by atoms with Crippen LogP contribution in [0, 0.1) is 0 Å². The zero-order valence-corrected chi connectivity index (χ0v) is 25.0. The van der Waals surface area contributed by atoms with E-state index < -0.39 is 0 Å². The third-order valence-corrected chi connectivity index (χ3v) is 8.76. The van der Waals surface area contributed by atoms with Gasteiger partial charge in [0.15, 0.2) is 0 Å². The van der Waals surface area contributed by atoms with Crippen molar-refractivity contribution in [2.24, 2.45) is 0 Å². The fourth-order valence-electron chi connectivity index (χ4n) is 6.58. The number of para-hydroxylation sites is 1. The van der Waals surface area contributed by atoms with Gasteiger partial charge in [-0.3, -0.25) is 0 Å². The molecule has 0 radical (unpaired) electrons. The van der Waals surface area contributed by atoms with Gasteiger partial charge in [-0.1, -0.05) is 156 Å². The van der Waals surface area contributed by atoms with Crippen LogP contribution >= 0.6 is 0 Å². The summed E-state index contributed by atoms with van der Waals surface area (Å²) in [6.45, 7) is 2.33. The molecular weight excluding hydrogens is 517 g/mol. The Bertz CT molecular complexity index is 2060. The lowest BCUT2D eigenvalue weighted by atomic mass is 9.34. The Hall–Kier alpha value is -5.08. The number of benzene rings is 7. The van der Waals surface area contributed by atoms with E-state index in [0.29, 0.717) is 0 Å². The molecule has 0 atom stereocenters. The van der Waals surface area contributed by atoms with Crippen molar-refractivity contribution in [3.63, 3.8) is 0 Å². The summed E-state index contributed by atoms with van der Waals surface area (Å²) in [6.07, 6.45) is 0. The average Bonchev–Trinajstić information content (AvgIpc) is 3.06. The topological polar surface area (TPSA) is 3.24 Å². The second kappa shape index (κ2) is 11.3. The van der Waals surface area contributed by atoms with Gasteiger partial charge in [-0.05, 0) is 62.5 Å². The Balaban J connectivity index is 1.57. The standard InChI is InChI=1S/C41H34BN/c1-29(39-18-10-11-19-40(39)43(2)3)41(36-21-20-30-12-4-7-15-33(30)26-36)42(37-24-22-31-13-5-8-16-34(31)27-37)38-25-23-32-14-6-9-17-35(32)28-38/h4-28H,1-3H3/b41-29-. The summed E-state index contributed by atoms with van der Waals surface area (Å²) >= 11 is 0. The maximum absolute atomic E-state index is 2.39. The van der Waals surface area contributed by atoms with Crippen LogP contribution in [0.5, 0.6) is 0 Å². The van der Waals surface area contributed by atoms with Crippen LogP contribution in [0.4, 0.5) is 5.69 Å². The molecule has 0 saturated heterocycles. The van der Waals surface area contributed by atoms with Gasteiger partial charge in [-0.2, -0.15) is 0 Å². The fraction of sp³-hybridized carbons (Fsp3) is 0.0732. The molecule has 0 N–H and O–H groups in total. The summed E-state index contributed by atoms with van der Waals surface area (Å²) in [5.74, 6) is 0. The van der Waals surface area contributed by atoms with E-state index in [4.69, 9.17) is 0 Å². The van der Waals surface area contributed by atoms with Gasteiger partial charge < -0.3 is 4.90 Å². The molecule has 0 fully saturated rings. The number of allylic oxidation sites excluding steroid dienone is 1. The van der Waals surface area contributed by atoms with Crippen molar-refractivity contribution in [2.45, 2.75) is 6.92 Å². The minimum absolute atomic E-state index is 0.0191. The van der Waals surface area contributed by atoms with Crippen LogP contribution in [-0.2, 0) is 0 Å². The van der Waals surface area contributed by atoms with E-state index in [-0.39, 0.29) is 6.71 Å². The summed E-state index contributed by atoms with van der Waals surface area (Å²) in [6, 6.07) is 55.7. The van der Waals surface area contributed by atoms with Crippen molar-refractivity contribution in [2.75, 3.05) is 19.0 Å². The third kappa shape index (κ3) is 5.11. The molecule has 0 amide bonds. The Morgan fingerprint density at radius 2 is 0.907 bits per heavy atom. The van der Waals surface area contributed by atoms with Gasteiger partial charge in [-0.25, -0.2) is 0 Å². The van der Waals surface area contributed by atoms with Crippen LogP contribution in [0.3, 0.4) is 0 Å². The van der Waals surface area contributed by atoms with Crippen molar-refractivity contribution < 1.29 is 0 Å². The van der Waals surface area contributed by atoms with Gasteiger partial charge in [-0.15, -0.1) is 0 Å². The van der Waals surface area contributed by atoms with Crippen LogP contribution in [0.1, 0.15) is 18.1 Å². The SMILES string of the molecule is C/C(=C(/B(c1ccc2ccccc2c1)c1ccc2ccccc2c1)c1ccc2ccccc2c1)c1ccccc1N(C)C. The zero-order valence-electron chi connectivity index (χ0n) is 25.0.